The number of nitrogens with zero attached hydrogens (tertiary/aromatic N) is 2. The summed E-state index contributed by atoms with van der Waals surface area (Å²) in [4.78, 5) is 18.0. The van der Waals surface area contributed by atoms with Crippen molar-refractivity contribution in [2.45, 2.75) is 13.3 Å². The van der Waals surface area contributed by atoms with Gasteiger partial charge in [-0.2, -0.15) is 0 Å². The quantitative estimate of drug-likeness (QED) is 0.901. The van der Waals surface area contributed by atoms with E-state index in [0.717, 1.165) is 34.0 Å². The first-order chi connectivity index (χ1) is 10.0. The molecule has 2 heterocycles. The zero-order valence-electron chi connectivity index (χ0n) is 11.8. The summed E-state index contributed by atoms with van der Waals surface area (Å²) in [6.45, 7) is 3.48. The third-order valence-corrected chi connectivity index (χ3v) is 4.51. The Kier molecular flexibility index (Phi) is 3.85. The molecule has 5 heteroatoms. The van der Waals surface area contributed by atoms with Gasteiger partial charge in [0.2, 0.25) is 0 Å². The molecular formula is C16H17BrN2O2. The Hall–Kier alpha value is -1.62. The van der Waals surface area contributed by atoms with E-state index in [1.807, 2.05) is 18.2 Å². The Morgan fingerprint density at radius 1 is 1.38 bits per heavy atom. The van der Waals surface area contributed by atoms with Crippen LogP contribution in [0.4, 0.5) is 5.82 Å². The fourth-order valence-electron chi connectivity index (χ4n) is 3.09. The summed E-state index contributed by atoms with van der Waals surface area (Å²) in [6.07, 6.45) is 2.53. The summed E-state index contributed by atoms with van der Waals surface area (Å²) in [5.74, 6) is 0.209. The van der Waals surface area contributed by atoms with Crippen LogP contribution >= 0.6 is 15.9 Å². The number of aliphatic carboxylic acids is 1. The molecule has 0 bridgehead atoms. The van der Waals surface area contributed by atoms with Gasteiger partial charge in [-0.1, -0.05) is 22.9 Å². The predicted octanol–water partition coefficient (Wildman–Crippen LogP) is 3.54. The van der Waals surface area contributed by atoms with Crippen molar-refractivity contribution in [1.29, 1.82) is 0 Å². The number of hydrogen-bond donors (Lipinski definition) is 1. The molecule has 110 valence electrons. The number of pyridine rings is 1. The molecular weight excluding hydrogens is 332 g/mol. The van der Waals surface area contributed by atoms with Crippen LogP contribution in [0, 0.1) is 11.8 Å². The second-order valence-electron chi connectivity index (χ2n) is 5.78. The number of carboxylic acid groups (broad SMARTS) is 1. The van der Waals surface area contributed by atoms with E-state index >= 15 is 0 Å². The normalized spacial score (nSPS) is 22.5. The first-order valence-electron chi connectivity index (χ1n) is 7.06. The molecule has 4 nitrogen and oxygen atoms in total. The van der Waals surface area contributed by atoms with Gasteiger partial charge in [-0.3, -0.25) is 4.79 Å². The first-order valence-corrected chi connectivity index (χ1v) is 7.86. The average Bonchev–Trinajstić information content (AvgIpc) is 2.45. The molecule has 1 aliphatic heterocycles. The van der Waals surface area contributed by atoms with Gasteiger partial charge in [0.1, 0.15) is 5.82 Å². The van der Waals surface area contributed by atoms with Crippen LogP contribution in [-0.4, -0.2) is 29.1 Å². The highest BCUT2D eigenvalue weighted by Crippen LogP contribution is 2.31. The minimum atomic E-state index is -0.713. The molecule has 2 atom stereocenters. The third-order valence-electron chi connectivity index (χ3n) is 4.01. The summed E-state index contributed by atoms with van der Waals surface area (Å²) in [7, 11) is 0. The number of aromatic nitrogens is 1. The lowest BCUT2D eigenvalue weighted by atomic mass is 9.90. The van der Waals surface area contributed by atoms with Gasteiger partial charge >= 0.3 is 5.97 Å². The summed E-state index contributed by atoms with van der Waals surface area (Å²) in [5.41, 5.74) is 0. The van der Waals surface area contributed by atoms with Gasteiger partial charge in [-0.05, 0) is 42.0 Å². The van der Waals surface area contributed by atoms with Crippen molar-refractivity contribution in [2.24, 2.45) is 11.8 Å². The van der Waals surface area contributed by atoms with E-state index in [0.29, 0.717) is 12.5 Å². The Balaban J connectivity index is 2.01. The molecule has 0 amide bonds. The minimum Gasteiger partial charge on any atom is -0.481 e. The SMILES string of the molecule is CC1CC(C(=O)O)CN(c2nccc3cc(Br)ccc23)C1. The number of fused-ring (bicyclic) bond motifs is 1. The maximum absolute atomic E-state index is 11.3. The van der Waals surface area contributed by atoms with Crippen LogP contribution in [0.2, 0.25) is 0 Å². The van der Waals surface area contributed by atoms with Crippen molar-refractivity contribution in [3.8, 4) is 0 Å². The second-order valence-corrected chi connectivity index (χ2v) is 6.70. The van der Waals surface area contributed by atoms with E-state index in [-0.39, 0.29) is 5.92 Å². The molecule has 0 aliphatic carbocycles. The maximum Gasteiger partial charge on any atom is 0.308 e. The van der Waals surface area contributed by atoms with Crippen molar-refractivity contribution in [1.82, 2.24) is 4.98 Å². The van der Waals surface area contributed by atoms with Gasteiger partial charge in [-0.15, -0.1) is 0 Å². The smallest absolute Gasteiger partial charge is 0.308 e. The molecule has 2 aromatic rings. The molecule has 3 rings (SSSR count). The van der Waals surface area contributed by atoms with E-state index in [1.54, 1.807) is 6.20 Å². The molecule has 1 fully saturated rings. The van der Waals surface area contributed by atoms with Gasteiger partial charge in [0.25, 0.3) is 0 Å². The molecule has 1 aliphatic rings. The zero-order valence-corrected chi connectivity index (χ0v) is 13.4. The molecule has 1 saturated heterocycles. The molecule has 2 unspecified atom stereocenters. The largest absolute Gasteiger partial charge is 0.481 e. The van der Waals surface area contributed by atoms with E-state index in [1.165, 1.54) is 0 Å². The van der Waals surface area contributed by atoms with Crippen molar-refractivity contribution in [2.75, 3.05) is 18.0 Å². The number of rotatable bonds is 2. The van der Waals surface area contributed by atoms with Crippen molar-refractivity contribution >= 4 is 38.5 Å². The van der Waals surface area contributed by atoms with Crippen LogP contribution in [-0.2, 0) is 4.79 Å². The zero-order chi connectivity index (χ0) is 15.0. The fourth-order valence-corrected chi connectivity index (χ4v) is 3.47. The molecule has 21 heavy (non-hydrogen) atoms. The van der Waals surface area contributed by atoms with Gasteiger partial charge in [0, 0.05) is 29.1 Å². The first kappa shape index (κ1) is 14.3. The van der Waals surface area contributed by atoms with E-state index in [4.69, 9.17) is 0 Å². The summed E-state index contributed by atoms with van der Waals surface area (Å²) >= 11 is 3.48. The number of halogens is 1. The number of hydrogen-bond acceptors (Lipinski definition) is 3. The Morgan fingerprint density at radius 3 is 2.95 bits per heavy atom. The van der Waals surface area contributed by atoms with Crippen LogP contribution in [0.1, 0.15) is 13.3 Å². The predicted molar refractivity (Wildman–Crippen MR) is 86.6 cm³/mol. The third kappa shape index (κ3) is 2.88. The van der Waals surface area contributed by atoms with Gasteiger partial charge in [-0.25, -0.2) is 4.98 Å². The number of piperidine rings is 1. The summed E-state index contributed by atoms with van der Waals surface area (Å²) in [5, 5.41) is 11.5. The lowest BCUT2D eigenvalue weighted by Gasteiger charge is -2.36. The lowest BCUT2D eigenvalue weighted by molar-refractivity contribution is -0.142. The standard InChI is InChI=1S/C16H17BrN2O2/c1-10-6-12(16(20)21)9-19(8-10)15-14-3-2-13(17)7-11(14)4-5-18-15/h2-5,7,10,12H,6,8-9H2,1H3,(H,20,21). The fraction of sp³-hybridized carbons (Fsp3) is 0.375. The van der Waals surface area contributed by atoms with Crippen LogP contribution in [0.3, 0.4) is 0 Å². The molecule has 0 saturated carbocycles. The summed E-state index contributed by atoms with van der Waals surface area (Å²) in [6, 6.07) is 8.07. The maximum atomic E-state index is 11.3. The topological polar surface area (TPSA) is 53.4 Å². The Bertz CT molecular complexity index is 689. The Labute approximate surface area is 131 Å². The van der Waals surface area contributed by atoms with E-state index in [9.17, 15) is 9.90 Å². The van der Waals surface area contributed by atoms with Crippen molar-refractivity contribution < 1.29 is 9.90 Å². The number of carbonyl (C=O) groups is 1. The van der Waals surface area contributed by atoms with Crippen LogP contribution in [0.5, 0.6) is 0 Å². The highest BCUT2D eigenvalue weighted by Gasteiger charge is 2.30. The van der Waals surface area contributed by atoms with Gasteiger partial charge < -0.3 is 10.0 Å². The summed E-state index contributed by atoms with van der Waals surface area (Å²) < 4.78 is 1.03. The van der Waals surface area contributed by atoms with Crippen LogP contribution in [0.15, 0.2) is 34.9 Å². The number of anilines is 1. The van der Waals surface area contributed by atoms with Crippen LogP contribution < -0.4 is 4.90 Å². The molecule has 0 spiro atoms. The second kappa shape index (κ2) is 5.64. The monoisotopic (exact) mass is 348 g/mol. The highest BCUT2D eigenvalue weighted by molar-refractivity contribution is 9.10. The highest BCUT2D eigenvalue weighted by atomic mass is 79.9. The van der Waals surface area contributed by atoms with Gasteiger partial charge in [0.15, 0.2) is 0 Å². The van der Waals surface area contributed by atoms with Gasteiger partial charge in [0.05, 0.1) is 5.92 Å². The molecule has 0 radical (unpaired) electrons. The Morgan fingerprint density at radius 2 is 2.19 bits per heavy atom. The van der Waals surface area contributed by atoms with Crippen molar-refractivity contribution in [3.63, 3.8) is 0 Å². The number of benzene rings is 1. The van der Waals surface area contributed by atoms with Crippen LogP contribution in [0.25, 0.3) is 10.8 Å². The molecule has 1 aromatic carbocycles. The minimum absolute atomic E-state index is 0.318. The van der Waals surface area contributed by atoms with E-state index < -0.39 is 5.97 Å². The average molecular weight is 349 g/mol. The van der Waals surface area contributed by atoms with Crippen molar-refractivity contribution in [3.05, 3.63) is 34.9 Å². The number of carboxylic acids is 1. The molecule has 1 N–H and O–H groups in total. The van der Waals surface area contributed by atoms with E-state index in [2.05, 4.69) is 38.8 Å². The lowest BCUT2D eigenvalue weighted by Crippen LogP contribution is -2.43. The molecule has 1 aromatic heterocycles.